The average Bonchev–Trinajstić information content (AvgIpc) is 2.89. The minimum absolute atomic E-state index is 0.000505. The average molecular weight is 455 g/mol. The molecule has 0 saturated carbocycles. The Hall–Kier alpha value is -3.40. The Morgan fingerprint density at radius 1 is 0.882 bits per heavy atom. The third-order valence-electron chi connectivity index (χ3n) is 6.72. The van der Waals surface area contributed by atoms with Crippen molar-refractivity contribution in [2.45, 2.75) is 51.5 Å². The topological polar surface area (TPSA) is 49.4 Å². The van der Waals surface area contributed by atoms with E-state index in [0.29, 0.717) is 25.1 Å². The van der Waals surface area contributed by atoms with Crippen LogP contribution in [-0.2, 0) is 24.1 Å². The maximum Gasteiger partial charge on any atom is 0.253 e. The van der Waals surface area contributed by atoms with Crippen molar-refractivity contribution < 1.29 is 9.59 Å². The van der Waals surface area contributed by atoms with Crippen molar-refractivity contribution in [1.82, 2.24) is 10.2 Å². The zero-order valence-electron chi connectivity index (χ0n) is 20.0. The normalized spacial score (nSPS) is 14.8. The van der Waals surface area contributed by atoms with Gasteiger partial charge in [-0.25, -0.2) is 0 Å². The van der Waals surface area contributed by atoms with Crippen molar-refractivity contribution in [3.05, 3.63) is 107 Å². The summed E-state index contributed by atoms with van der Waals surface area (Å²) in [6, 6.07) is 26.4. The minimum atomic E-state index is -0.0191. The minimum Gasteiger partial charge on any atom is -0.349 e. The molecular formula is C30H34N2O2. The van der Waals surface area contributed by atoms with Gasteiger partial charge in [0.2, 0.25) is 5.91 Å². The SMILES string of the molecule is CCc1ccc(C(=O)N(CCC(=O)NC2CCCc3ccccc32)CCc2ccccc2)cc1. The number of hydrogen-bond donors (Lipinski definition) is 1. The van der Waals surface area contributed by atoms with Gasteiger partial charge in [0.1, 0.15) is 0 Å². The highest BCUT2D eigenvalue weighted by atomic mass is 16.2. The molecule has 2 amide bonds. The first-order valence-electron chi connectivity index (χ1n) is 12.4. The van der Waals surface area contributed by atoms with Crippen LogP contribution in [0, 0.1) is 0 Å². The number of aryl methyl sites for hydroxylation is 2. The molecule has 0 spiro atoms. The van der Waals surface area contributed by atoms with Gasteiger partial charge in [0.15, 0.2) is 0 Å². The number of benzene rings is 3. The number of carbonyl (C=O) groups is 2. The van der Waals surface area contributed by atoms with Gasteiger partial charge in [0.25, 0.3) is 5.91 Å². The summed E-state index contributed by atoms with van der Waals surface area (Å²) < 4.78 is 0. The molecule has 0 aliphatic heterocycles. The van der Waals surface area contributed by atoms with Gasteiger partial charge >= 0.3 is 0 Å². The number of carbonyl (C=O) groups excluding carboxylic acids is 2. The molecule has 1 unspecified atom stereocenters. The highest BCUT2D eigenvalue weighted by Gasteiger charge is 2.22. The standard InChI is InChI=1S/C30H34N2O2/c1-2-23-15-17-26(18-16-23)30(34)32(21-19-24-9-4-3-5-10-24)22-20-29(33)31-28-14-8-12-25-11-6-7-13-27(25)28/h3-7,9-11,13,15-18,28H,2,8,12,14,19-22H2,1H3,(H,31,33). The zero-order valence-corrected chi connectivity index (χ0v) is 20.0. The second kappa shape index (κ2) is 11.6. The molecule has 34 heavy (non-hydrogen) atoms. The molecule has 0 saturated heterocycles. The molecule has 3 aromatic carbocycles. The summed E-state index contributed by atoms with van der Waals surface area (Å²) in [5.41, 5.74) is 5.63. The lowest BCUT2D eigenvalue weighted by Gasteiger charge is -2.27. The van der Waals surface area contributed by atoms with E-state index in [4.69, 9.17) is 0 Å². The Kier molecular flexibility index (Phi) is 8.13. The summed E-state index contributed by atoms with van der Waals surface area (Å²) in [6.45, 7) is 3.09. The van der Waals surface area contributed by atoms with Crippen LogP contribution in [0.2, 0.25) is 0 Å². The maximum atomic E-state index is 13.3. The van der Waals surface area contributed by atoms with E-state index in [0.717, 1.165) is 32.1 Å². The summed E-state index contributed by atoms with van der Waals surface area (Å²) in [5.74, 6) is -0.0186. The first-order chi connectivity index (χ1) is 16.6. The van der Waals surface area contributed by atoms with E-state index in [9.17, 15) is 9.59 Å². The van der Waals surface area contributed by atoms with E-state index in [-0.39, 0.29) is 17.9 Å². The second-order valence-electron chi connectivity index (χ2n) is 9.04. The highest BCUT2D eigenvalue weighted by Crippen LogP contribution is 2.29. The Labute approximate surface area is 203 Å². The Balaban J connectivity index is 1.41. The summed E-state index contributed by atoms with van der Waals surface area (Å²) in [6.07, 6.45) is 5.11. The van der Waals surface area contributed by atoms with Crippen LogP contribution in [0.15, 0.2) is 78.9 Å². The Morgan fingerprint density at radius 2 is 1.62 bits per heavy atom. The van der Waals surface area contributed by atoms with Crippen molar-refractivity contribution in [3.8, 4) is 0 Å². The molecule has 1 aliphatic rings. The van der Waals surface area contributed by atoms with Crippen LogP contribution in [-0.4, -0.2) is 29.8 Å². The summed E-state index contributed by atoms with van der Waals surface area (Å²) >= 11 is 0. The van der Waals surface area contributed by atoms with Crippen molar-refractivity contribution in [3.63, 3.8) is 0 Å². The third-order valence-corrected chi connectivity index (χ3v) is 6.72. The van der Waals surface area contributed by atoms with Gasteiger partial charge in [-0.05, 0) is 66.5 Å². The number of nitrogens with one attached hydrogen (secondary N) is 1. The number of hydrogen-bond acceptors (Lipinski definition) is 2. The Bertz CT molecular complexity index is 1090. The molecule has 0 fully saturated rings. The van der Waals surface area contributed by atoms with Crippen LogP contribution in [0.3, 0.4) is 0 Å². The zero-order chi connectivity index (χ0) is 23.8. The number of amides is 2. The van der Waals surface area contributed by atoms with E-state index >= 15 is 0 Å². The Morgan fingerprint density at radius 3 is 2.38 bits per heavy atom. The highest BCUT2D eigenvalue weighted by molar-refractivity contribution is 5.94. The van der Waals surface area contributed by atoms with Crippen LogP contribution < -0.4 is 5.32 Å². The van der Waals surface area contributed by atoms with Crippen molar-refractivity contribution >= 4 is 11.8 Å². The molecule has 0 bridgehead atoms. The predicted molar refractivity (Wildman–Crippen MR) is 137 cm³/mol. The molecule has 1 atom stereocenters. The van der Waals surface area contributed by atoms with Crippen LogP contribution in [0.1, 0.15) is 64.8 Å². The summed E-state index contributed by atoms with van der Waals surface area (Å²) in [5, 5.41) is 3.22. The fraction of sp³-hybridized carbons (Fsp3) is 0.333. The van der Waals surface area contributed by atoms with Crippen LogP contribution in [0.5, 0.6) is 0 Å². The van der Waals surface area contributed by atoms with Gasteiger partial charge in [0.05, 0.1) is 6.04 Å². The smallest absolute Gasteiger partial charge is 0.253 e. The van der Waals surface area contributed by atoms with Crippen molar-refractivity contribution in [2.24, 2.45) is 0 Å². The molecule has 176 valence electrons. The molecule has 4 nitrogen and oxygen atoms in total. The van der Waals surface area contributed by atoms with Crippen LogP contribution in [0.4, 0.5) is 0 Å². The molecule has 3 aromatic rings. The first kappa shape index (κ1) is 23.7. The van der Waals surface area contributed by atoms with Gasteiger partial charge in [-0.3, -0.25) is 9.59 Å². The monoisotopic (exact) mass is 454 g/mol. The fourth-order valence-corrected chi connectivity index (χ4v) is 4.70. The maximum absolute atomic E-state index is 13.3. The molecular weight excluding hydrogens is 420 g/mol. The lowest BCUT2D eigenvalue weighted by molar-refractivity contribution is -0.122. The van der Waals surface area contributed by atoms with Gasteiger partial charge < -0.3 is 10.2 Å². The van der Waals surface area contributed by atoms with E-state index in [2.05, 4.69) is 42.6 Å². The molecule has 4 heteroatoms. The van der Waals surface area contributed by atoms with Gasteiger partial charge in [-0.2, -0.15) is 0 Å². The summed E-state index contributed by atoms with van der Waals surface area (Å²) in [7, 11) is 0. The predicted octanol–water partition coefficient (Wildman–Crippen LogP) is 5.52. The second-order valence-corrected chi connectivity index (χ2v) is 9.04. The van der Waals surface area contributed by atoms with Crippen molar-refractivity contribution in [1.29, 1.82) is 0 Å². The largest absolute Gasteiger partial charge is 0.349 e. The van der Waals surface area contributed by atoms with Crippen molar-refractivity contribution in [2.75, 3.05) is 13.1 Å². The molecule has 0 aromatic heterocycles. The summed E-state index contributed by atoms with van der Waals surface area (Å²) in [4.78, 5) is 28.0. The lowest BCUT2D eigenvalue weighted by Crippen LogP contribution is -2.38. The number of nitrogens with zero attached hydrogens (tertiary/aromatic N) is 1. The lowest BCUT2D eigenvalue weighted by atomic mass is 9.87. The molecule has 1 aliphatic carbocycles. The van der Waals surface area contributed by atoms with E-state index in [1.165, 1.54) is 22.3 Å². The third kappa shape index (κ3) is 6.13. The van der Waals surface area contributed by atoms with Crippen LogP contribution >= 0.6 is 0 Å². The quantitative estimate of drug-likeness (QED) is 0.463. The molecule has 4 rings (SSSR count). The van der Waals surface area contributed by atoms with Crippen LogP contribution in [0.25, 0.3) is 0 Å². The van der Waals surface area contributed by atoms with Gasteiger partial charge in [-0.15, -0.1) is 0 Å². The molecule has 1 N–H and O–H groups in total. The fourth-order valence-electron chi connectivity index (χ4n) is 4.70. The van der Waals surface area contributed by atoms with Gasteiger partial charge in [-0.1, -0.05) is 73.7 Å². The number of rotatable bonds is 9. The molecule has 0 heterocycles. The number of fused-ring (bicyclic) bond motifs is 1. The van der Waals surface area contributed by atoms with Gasteiger partial charge in [0, 0.05) is 25.1 Å². The van der Waals surface area contributed by atoms with E-state index in [1.54, 1.807) is 0 Å². The molecule has 0 radical (unpaired) electrons. The van der Waals surface area contributed by atoms with E-state index in [1.807, 2.05) is 53.4 Å². The van der Waals surface area contributed by atoms with E-state index < -0.39 is 0 Å². The first-order valence-corrected chi connectivity index (χ1v) is 12.4.